The topological polar surface area (TPSA) is 74.5 Å². The van der Waals surface area contributed by atoms with E-state index in [4.69, 9.17) is 0 Å². The summed E-state index contributed by atoms with van der Waals surface area (Å²) in [5.41, 5.74) is 3.71. The Balaban J connectivity index is 0.00000480. The van der Waals surface area contributed by atoms with Gasteiger partial charge in [-0.2, -0.15) is 18.3 Å². The van der Waals surface area contributed by atoms with Crippen molar-refractivity contribution in [2.24, 2.45) is 4.99 Å². The fourth-order valence-electron chi connectivity index (χ4n) is 2.88. The van der Waals surface area contributed by atoms with Gasteiger partial charge in [0.2, 0.25) is 5.91 Å². The van der Waals surface area contributed by atoms with Crippen molar-refractivity contribution in [2.75, 3.05) is 26.7 Å². The van der Waals surface area contributed by atoms with Crippen LogP contribution in [0, 0.1) is 13.8 Å². The first kappa shape index (κ1) is 26.7. The minimum absolute atomic E-state index is 0. The third kappa shape index (κ3) is 8.38. The summed E-state index contributed by atoms with van der Waals surface area (Å²) < 4.78 is 39.2. The average Bonchev–Trinajstić information content (AvgIpc) is 3.00. The number of aromatic nitrogens is 2. The number of guanidine groups is 1. The number of rotatable bonds is 7. The number of nitrogens with zero attached hydrogens (tertiary/aromatic N) is 4. The summed E-state index contributed by atoms with van der Waals surface area (Å²) in [6.07, 6.45) is -4.43. The van der Waals surface area contributed by atoms with Crippen molar-refractivity contribution in [3.63, 3.8) is 0 Å². The van der Waals surface area contributed by atoms with Crippen LogP contribution in [0.2, 0.25) is 0 Å². The van der Waals surface area contributed by atoms with Gasteiger partial charge < -0.3 is 15.5 Å². The van der Waals surface area contributed by atoms with Gasteiger partial charge in [-0.25, -0.2) is 9.67 Å². The zero-order valence-electron chi connectivity index (χ0n) is 18.0. The fourth-order valence-corrected chi connectivity index (χ4v) is 2.88. The van der Waals surface area contributed by atoms with Crippen molar-refractivity contribution >= 4 is 35.8 Å². The highest BCUT2D eigenvalue weighted by Crippen LogP contribution is 2.18. The largest absolute Gasteiger partial charge is 0.406 e. The molecule has 0 aliphatic rings. The minimum atomic E-state index is -4.43. The third-order valence-corrected chi connectivity index (χ3v) is 4.23. The number of para-hydroxylation sites is 1. The number of likely N-dealkylation sites (N-methyl/N-ethyl adjacent to an activating group) is 1. The third-order valence-electron chi connectivity index (χ3n) is 4.23. The van der Waals surface area contributed by atoms with Crippen molar-refractivity contribution in [2.45, 2.75) is 33.5 Å². The van der Waals surface area contributed by atoms with Crippen LogP contribution in [0.25, 0.3) is 5.69 Å². The smallest absolute Gasteiger partial charge is 0.357 e. The zero-order valence-corrected chi connectivity index (χ0v) is 20.3. The van der Waals surface area contributed by atoms with Gasteiger partial charge in [0.15, 0.2) is 5.96 Å². The molecule has 0 saturated carbocycles. The normalized spacial score (nSPS) is 11.6. The highest BCUT2D eigenvalue weighted by molar-refractivity contribution is 14.0. The molecular formula is C20H28F3IN6O. The van der Waals surface area contributed by atoms with Crippen LogP contribution in [0.3, 0.4) is 0 Å². The van der Waals surface area contributed by atoms with Gasteiger partial charge in [0, 0.05) is 19.3 Å². The Morgan fingerprint density at radius 1 is 1.23 bits per heavy atom. The monoisotopic (exact) mass is 552 g/mol. The van der Waals surface area contributed by atoms with Crippen molar-refractivity contribution < 1.29 is 18.0 Å². The summed E-state index contributed by atoms with van der Waals surface area (Å²) in [7, 11) is 1.12. The molecular weight excluding hydrogens is 524 g/mol. The first-order chi connectivity index (χ1) is 14.1. The Labute approximate surface area is 197 Å². The van der Waals surface area contributed by atoms with E-state index in [2.05, 4.69) is 20.7 Å². The molecule has 0 radical (unpaired) electrons. The number of aliphatic imine (C=N–C) groups is 1. The molecule has 0 saturated heterocycles. The predicted molar refractivity (Wildman–Crippen MR) is 125 cm³/mol. The van der Waals surface area contributed by atoms with Crippen molar-refractivity contribution in [1.29, 1.82) is 0 Å². The van der Waals surface area contributed by atoms with Gasteiger partial charge in [0.1, 0.15) is 6.54 Å². The van der Waals surface area contributed by atoms with E-state index in [0.29, 0.717) is 23.9 Å². The first-order valence-corrected chi connectivity index (χ1v) is 9.55. The molecule has 1 heterocycles. The number of hydrogen-bond acceptors (Lipinski definition) is 3. The number of halogens is 4. The van der Waals surface area contributed by atoms with E-state index < -0.39 is 18.6 Å². The highest BCUT2D eigenvalue weighted by atomic mass is 127. The second-order valence-electron chi connectivity index (χ2n) is 6.88. The second-order valence-corrected chi connectivity index (χ2v) is 6.88. The number of aryl methyl sites for hydroxylation is 2. The van der Waals surface area contributed by atoms with Crippen LogP contribution >= 0.6 is 24.0 Å². The molecule has 7 nitrogen and oxygen atoms in total. The summed E-state index contributed by atoms with van der Waals surface area (Å²) in [6, 6.07) is 9.67. The molecule has 0 bridgehead atoms. The molecule has 172 valence electrons. The molecule has 1 amide bonds. The van der Waals surface area contributed by atoms with Crippen LogP contribution in [0.15, 0.2) is 35.3 Å². The molecule has 0 aliphatic heterocycles. The molecule has 2 rings (SSSR count). The number of alkyl halides is 3. The number of carbonyl (C=O) groups excluding carboxylic acids is 1. The fraction of sp³-hybridized carbons (Fsp3) is 0.450. The van der Waals surface area contributed by atoms with Gasteiger partial charge in [-0.15, -0.1) is 24.0 Å². The standard InChI is InChI=1S/C20H27F3N6O.HI/c1-5-24-19(26-12-18(30)28(4)13-20(21,22)23)25-11-16-8-6-7-9-17(16)29-15(3)10-14(2)27-29;/h6-10H,5,11-13H2,1-4H3,(H2,24,25,26);1H. The number of benzene rings is 1. The second kappa shape index (κ2) is 11.9. The SMILES string of the molecule is CCNC(=NCc1ccccc1-n1nc(C)cc1C)NCC(=O)N(C)CC(F)(F)F.I. The van der Waals surface area contributed by atoms with Crippen LogP contribution in [-0.2, 0) is 11.3 Å². The van der Waals surface area contributed by atoms with Gasteiger partial charge in [-0.3, -0.25) is 4.79 Å². The van der Waals surface area contributed by atoms with E-state index in [1.54, 1.807) is 0 Å². The first-order valence-electron chi connectivity index (χ1n) is 9.55. The maximum absolute atomic E-state index is 12.4. The Morgan fingerprint density at radius 3 is 2.48 bits per heavy atom. The number of carbonyl (C=O) groups is 1. The number of nitrogens with one attached hydrogen (secondary N) is 2. The molecule has 2 N–H and O–H groups in total. The molecule has 11 heteroatoms. The Kier molecular flexibility index (Phi) is 10.3. The zero-order chi connectivity index (χ0) is 22.3. The number of amides is 1. The Hall–Kier alpha value is -2.31. The maximum Gasteiger partial charge on any atom is 0.406 e. The van der Waals surface area contributed by atoms with Crippen molar-refractivity contribution in [3.8, 4) is 5.69 Å². The van der Waals surface area contributed by atoms with E-state index >= 15 is 0 Å². The van der Waals surface area contributed by atoms with Crippen LogP contribution in [-0.4, -0.2) is 59.4 Å². The van der Waals surface area contributed by atoms with Crippen LogP contribution < -0.4 is 10.6 Å². The van der Waals surface area contributed by atoms with Gasteiger partial charge in [-0.05, 0) is 38.5 Å². The van der Waals surface area contributed by atoms with Gasteiger partial charge in [0.05, 0.1) is 24.5 Å². The lowest BCUT2D eigenvalue weighted by atomic mass is 10.2. The van der Waals surface area contributed by atoms with E-state index in [1.807, 2.05) is 55.8 Å². The van der Waals surface area contributed by atoms with Crippen LogP contribution in [0.4, 0.5) is 13.2 Å². The van der Waals surface area contributed by atoms with Crippen molar-refractivity contribution in [1.82, 2.24) is 25.3 Å². The van der Waals surface area contributed by atoms with E-state index in [-0.39, 0.29) is 30.5 Å². The van der Waals surface area contributed by atoms with Gasteiger partial charge in [0.25, 0.3) is 0 Å². The highest BCUT2D eigenvalue weighted by Gasteiger charge is 2.31. The molecule has 0 fully saturated rings. The summed E-state index contributed by atoms with van der Waals surface area (Å²) in [6.45, 7) is 5.00. The molecule has 1 aromatic carbocycles. The average molecular weight is 552 g/mol. The lowest BCUT2D eigenvalue weighted by Gasteiger charge is -2.20. The van der Waals surface area contributed by atoms with Crippen LogP contribution in [0.1, 0.15) is 23.9 Å². The Morgan fingerprint density at radius 2 is 1.90 bits per heavy atom. The molecule has 0 atom stereocenters. The van der Waals surface area contributed by atoms with Crippen LogP contribution in [0.5, 0.6) is 0 Å². The molecule has 0 spiro atoms. The maximum atomic E-state index is 12.4. The molecule has 1 aromatic heterocycles. The lowest BCUT2D eigenvalue weighted by Crippen LogP contribution is -2.45. The minimum Gasteiger partial charge on any atom is -0.357 e. The Bertz CT molecular complexity index is 897. The molecule has 0 unspecified atom stereocenters. The lowest BCUT2D eigenvalue weighted by molar-refractivity contribution is -0.157. The quantitative estimate of drug-likeness (QED) is 0.315. The van der Waals surface area contributed by atoms with Gasteiger partial charge >= 0.3 is 6.18 Å². The number of hydrogen-bond donors (Lipinski definition) is 2. The van der Waals surface area contributed by atoms with Gasteiger partial charge in [-0.1, -0.05) is 18.2 Å². The molecule has 31 heavy (non-hydrogen) atoms. The molecule has 0 aliphatic carbocycles. The van der Waals surface area contributed by atoms with E-state index in [0.717, 1.165) is 29.7 Å². The summed E-state index contributed by atoms with van der Waals surface area (Å²) in [4.78, 5) is 17.1. The van der Waals surface area contributed by atoms with E-state index in [1.165, 1.54) is 0 Å². The van der Waals surface area contributed by atoms with Crippen molar-refractivity contribution in [3.05, 3.63) is 47.3 Å². The molecule has 2 aromatic rings. The summed E-state index contributed by atoms with van der Waals surface area (Å²) in [5, 5.41) is 10.3. The summed E-state index contributed by atoms with van der Waals surface area (Å²) >= 11 is 0. The predicted octanol–water partition coefficient (Wildman–Crippen LogP) is 3.18. The van der Waals surface area contributed by atoms with E-state index in [9.17, 15) is 18.0 Å². The summed E-state index contributed by atoms with van der Waals surface area (Å²) in [5.74, 6) is -0.338.